The Balaban J connectivity index is 1.91. The maximum Gasteiger partial charge on any atom is 0.245 e. The fourth-order valence-corrected chi connectivity index (χ4v) is 4.25. The van der Waals surface area contributed by atoms with Gasteiger partial charge in [-0.1, -0.05) is 6.08 Å². The van der Waals surface area contributed by atoms with E-state index in [1.165, 1.54) is 0 Å². The predicted molar refractivity (Wildman–Crippen MR) is 69.0 cm³/mol. The van der Waals surface area contributed by atoms with Gasteiger partial charge in [-0.2, -0.15) is 4.31 Å². The SMILES string of the molecule is CN1C=CC[C@@H]2[C@H]1N2S(=O)(=O)c1ccc(N)cc1. The Kier molecular flexibility index (Phi) is 2.39. The molecular formula is C12H15N3O2S. The van der Waals surface area contributed by atoms with Crippen LogP contribution < -0.4 is 5.73 Å². The lowest BCUT2D eigenvalue weighted by molar-refractivity contribution is 0.388. The van der Waals surface area contributed by atoms with E-state index >= 15 is 0 Å². The number of nitrogens with two attached hydrogens (primary N) is 1. The number of nitrogen functional groups attached to an aromatic ring is 1. The Morgan fingerprint density at radius 1 is 1.28 bits per heavy atom. The smallest absolute Gasteiger partial charge is 0.245 e. The van der Waals surface area contributed by atoms with Crippen molar-refractivity contribution in [2.75, 3.05) is 12.8 Å². The van der Waals surface area contributed by atoms with E-state index in [9.17, 15) is 8.42 Å². The minimum atomic E-state index is -3.40. The fourth-order valence-electron chi connectivity index (χ4n) is 2.46. The minimum Gasteiger partial charge on any atom is -0.399 e. The summed E-state index contributed by atoms with van der Waals surface area (Å²) in [5.74, 6) is 0. The van der Waals surface area contributed by atoms with E-state index in [1.54, 1.807) is 28.6 Å². The van der Waals surface area contributed by atoms with Gasteiger partial charge in [0.2, 0.25) is 10.0 Å². The maximum atomic E-state index is 12.4. The molecule has 0 aromatic heterocycles. The Morgan fingerprint density at radius 2 is 1.94 bits per heavy atom. The number of nitrogens with zero attached hydrogens (tertiary/aromatic N) is 2. The van der Waals surface area contributed by atoms with Crippen LogP contribution >= 0.6 is 0 Å². The van der Waals surface area contributed by atoms with Crippen LogP contribution in [0.4, 0.5) is 5.69 Å². The van der Waals surface area contributed by atoms with E-state index in [4.69, 9.17) is 5.73 Å². The maximum absolute atomic E-state index is 12.4. The van der Waals surface area contributed by atoms with Crippen LogP contribution in [0.25, 0.3) is 0 Å². The van der Waals surface area contributed by atoms with Crippen LogP contribution in [0, 0.1) is 0 Å². The normalized spacial score (nSPS) is 30.1. The molecule has 1 aromatic carbocycles. The van der Waals surface area contributed by atoms with E-state index < -0.39 is 10.0 Å². The van der Waals surface area contributed by atoms with Crippen molar-refractivity contribution >= 4 is 15.7 Å². The van der Waals surface area contributed by atoms with Gasteiger partial charge in [0, 0.05) is 12.7 Å². The zero-order valence-electron chi connectivity index (χ0n) is 10.0. The zero-order valence-corrected chi connectivity index (χ0v) is 10.8. The highest BCUT2D eigenvalue weighted by Crippen LogP contribution is 2.41. The molecule has 18 heavy (non-hydrogen) atoms. The van der Waals surface area contributed by atoms with Gasteiger partial charge >= 0.3 is 0 Å². The van der Waals surface area contributed by atoms with Crippen LogP contribution in [0.3, 0.4) is 0 Å². The molecule has 6 heteroatoms. The molecule has 1 fully saturated rings. The number of hydrogen-bond donors (Lipinski definition) is 1. The molecule has 0 amide bonds. The van der Waals surface area contributed by atoms with Crippen LogP contribution in [-0.2, 0) is 10.0 Å². The Bertz CT molecular complexity index is 594. The molecular weight excluding hydrogens is 250 g/mol. The van der Waals surface area contributed by atoms with Crippen molar-refractivity contribution in [3.05, 3.63) is 36.5 Å². The molecule has 0 aliphatic carbocycles. The van der Waals surface area contributed by atoms with Gasteiger partial charge in [-0.25, -0.2) is 8.42 Å². The Hall–Kier alpha value is -1.53. The molecule has 2 aliphatic rings. The molecule has 0 spiro atoms. The minimum absolute atomic E-state index is 0.0300. The summed E-state index contributed by atoms with van der Waals surface area (Å²) in [5.41, 5.74) is 6.14. The van der Waals surface area contributed by atoms with Crippen molar-refractivity contribution in [2.45, 2.75) is 23.5 Å². The first-order valence-electron chi connectivity index (χ1n) is 5.79. The summed E-state index contributed by atoms with van der Waals surface area (Å²) >= 11 is 0. The van der Waals surface area contributed by atoms with Crippen molar-refractivity contribution in [2.24, 2.45) is 0 Å². The average molecular weight is 265 g/mol. The first-order valence-corrected chi connectivity index (χ1v) is 7.23. The van der Waals surface area contributed by atoms with Gasteiger partial charge in [0.25, 0.3) is 0 Å². The summed E-state index contributed by atoms with van der Waals surface area (Å²) in [4.78, 5) is 2.24. The summed E-state index contributed by atoms with van der Waals surface area (Å²) in [6, 6.07) is 6.41. The number of likely N-dealkylation sites (N-methyl/N-ethyl adjacent to an activating group) is 1. The first-order chi connectivity index (χ1) is 8.51. The van der Waals surface area contributed by atoms with Crippen molar-refractivity contribution in [3.8, 4) is 0 Å². The van der Waals surface area contributed by atoms with Gasteiger partial charge in [0.15, 0.2) is 0 Å². The van der Waals surface area contributed by atoms with Gasteiger partial charge in [0.1, 0.15) is 6.17 Å². The lowest BCUT2D eigenvalue weighted by Crippen LogP contribution is -2.23. The third-order valence-electron chi connectivity index (χ3n) is 3.43. The number of fused-ring (bicyclic) bond motifs is 1. The quantitative estimate of drug-likeness (QED) is 0.635. The molecule has 96 valence electrons. The van der Waals surface area contributed by atoms with Crippen LogP contribution in [0.5, 0.6) is 0 Å². The number of benzene rings is 1. The molecule has 3 rings (SSSR count). The van der Waals surface area contributed by atoms with E-state index in [0.717, 1.165) is 6.42 Å². The standard InChI is InChI=1S/C12H15N3O2S/c1-14-8-2-3-11-12(14)15(11)18(16,17)10-6-4-9(13)5-7-10/h2,4-8,11-12H,3,13H2,1H3/t11-,12-,15?/m1/s1. The van der Waals surface area contributed by atoms with E-state index in [-0.39, 0.29) is 12.2 Å². The molecule has 1 aromatic rings. The third kappa shape index (κ3) is 1.60. The summed E-state index contributed by atoms with van der Waals surface area (Å²) in [5, 5.41) is 0. The second-order valence-electron chi connectivity index (χ2n) is 4.67. The summed E-state index contributed by atoms with van der Waals surface area (Å²) in [6.07, 6.45) is 4.68. The van der Waals surface area contributed by atoms with Crippen molar-refractivity contribution in [1.29, 1.82) is 0 Å². The number of anilines is 1. The van der Waals surface area contributed by atoms with Gasteiger partial charge in [-0.3, -0.25) is 0 Å². The first kappa shape index (κ1) is 11.6. The van der Waals surface area contributed by atoms with Gasteiger partial charge in [-0.15, -0.1) is 0 Å². The number of sulfonamides is 1. The Labute approximate surface area is 107 Å². The summed E-state index contributed by atoms with van der Waals surface area (Å²) in [7, 11) is -1.51. The van der Waals surface area contributed by atoms with Gasteiger partial charge < -0.3 is 10.6 Å². The molecule has 0 saturated carbocycles. The van der Waals surface area contributed by atoms with Gasteiger partial charge in [0.05, 0.1) is 10.9 Å². The molecule has 1 saturated heterocycles. The third-order valence-corrected chi connectivity index (χ3v) is 5.34. The van der Waals surface area contributed by atoms with Crippen LogP contribution in [0.1, 0.15) is 6.42 Å². The highest BCUT2D eigenvalue weighted by molar-refractivity contribution is 7.89. The lowest BCUT2D eigenvalue weighted by atomic mass is 10.2. The molecule has 0 bridgehead atoms. The van der Waals surface area contributed by atoms with E-state index in [2.05, 4.69) is 0 Å². The predicted octanol–water partition coefficient (Wildman–Crippen LogP) is 0.817. The molecule has 2 aliphatic heterocycles. The van der Waals surface area contributed by atoms with E-state index in [1.807, 2.05) is 24.2 Å². The van der Waals surface area contributed by atoms with Crippen molar-refractivity contribution < 1.29 is 8.42 Å². The lowest BCUT2D eigenvalue weighted by Gasteiger charge is -2.15. The monoisotopic (exact) mass is 265 g/mol. The van der Waals surface area contributed by atoms with Crippen molar-refractivity contribution in [1.82, 2.24) is 9.21 Å². The molecule has 3 atom stereocenters. The summed E-state index contributed by atoms with van der Waals surface area (Å²) in [6.45, 7) is 0. The average Bonchev–Trinajstić information content (AvgIpc) is 3.06. The molecule has 5 nitrogen and oxygen atoms in total. The fraction of sp³-hybridized carbons (Fsp3) is 0.333. The number of rotatable bonds is 2. The van der Waals surface area contributed by atoms with Gasteiger partial charge in [-0.05, 0) is 36.9 Å². The molecule has 2 heterocycles. The van der Waals surface area contributed by atoms with E-state index in [0.29, 0.717) is 10.6 Å². The summed E-state index contributed by atoms with van der Waals surface area (Å²) < 4.78 is 26.5. The zero-order chi connectivity index (χ0) is 12.9. The van der Waals surface area contributed by atoms with Crippen LogP contribution in [-0.4, -0.2) is 36.9 Å². The largest absolute Gasteiger partial charge is 0.399 e. The topological polar surface area (TPSA) is 66.4 Å². The molecule has 1 unspecified atom stereocenters. The molecule has 2 N–H and O–H groups in total. The second kappa shape index (κ2) is 3.73. The van der Waals surface area contributed by atoms with Crippen LogP contribution in [0.15, 0.2) is 41.4 Å². The highest BCUT2D eigenvalue weighted by atomic mass is 32.2. The van der Waals surface area contributed by atoms with Crippen molar-refractivity contribution in [3.63, 3.8) is 0 Å². The highest BCUT2D eigenvalue weighted by Gasteiger charge is 2.57. The van der Waals surface area contributed by atoms with Crippen LogP contribution in [0.2, 0.25) is 0 Å². The second-order valence-corrected chi connectivity index (χ2v) is 6.51. The Morgan fingerprint density at radius 3 is 2.56 bits per heavy atom. The molecule has 0 radical (unpaired) electrons. The number of hydrogen-bond acceptors (Lipinski definition) is 4.